The van der Waals surface area contributed by atoms with Crippen LogP contribution in [0.3, 0.4) is 0 Å². The van der Waals surface area contributed by atoms with Gasteiger partial charge < -0.3 is 26.6 Å². The van der Waals surface area contributed by atoms with Gasteiger partial charge in [-0.3, -0.25) is 0 Å². The van der Waals surface area contributed by atoms with Crippen LogP contribution in [0.15, 0.2) is 12.2 Å². The van der Waals surface area contributed by atoms with Crippen LogP contribution in [-0.2, 0) is 31.4 Å². The van der Waals surface area contributed by atoms with Crippen LogP contribution in [0.4, 0.5) is 0 Å². The molecule has 0 aromatic carbocycles. The maximum Gasteiger partial charge on any atom is 0.469 e. The van der Waals surface area contributed by atoms with Crippen LogP contribution in [0.2, 0.25) is 65.0 Å². The van der Waals surface area contributed by atoms with E-state index in [2.05, 4.69) is 65.5 Å². The number of carbonyl (C=O) groups is 1. The Morgan fingerprint density at radius 2 is 1.31 bits per heavy atom. The number of ether oxygens (including phenoxy) is 3. The van der Waals surface area contributed by atoms with Crippen LogP contribution < -0.4 is 0 Å². The molecule has 7 nitrogen and oxygen atoms in total. The first-order valence-electron chi connectivity index (χ1n) is 11.5. The molecular formula is C21H48O7Si4. The summed E-state index contributed by atoms with van der Waals surface area (Å²) in [4.78, 5) is 11.6. The van der Waals surface area contributed by atoms with Crippen molar-refractivity contribution in [2.45, 2.75) is 91.3 Å². The fourth-order valence-corrected chi connectivity index (χ4v) is 17.5. The Bertz CT molecular complexity index is 539. The van der Waals surface area contributed by atoms with Crippen molar-refractivity contribution in [3.8, 4) is 0 Å². The fourth-order valence-electron chi connectivity index (χ4n) is 2.89. The Morgan fingerprint density at radius 1 is 0.844 bits per heavy atom. The maximum atomic E-state index is 11.6. The fraction of sp³-hybridized carbons (Fsp3) is 0.857. The van der Waals surface area contributed by atoms with Crippen molar-refractivity contribution in [1.82, 2.24) is 0 Å². The third kappa shape index (κ3) is 16.5. The molecule has 0 aliphatic heterocycles. The number of rotatable bonds is 17. The van der Waals surface area contributed by atoms with Crippen molar-refractivity contribution in [2.24, 2.45) is 0 Å². The van der Waals surface area contributed by atoms with E-state index in [4.69, 9.17) is 26.6 Å². The zero-order valence-corrected chi connectivity index (χ0v) is 26.4. The Labute approximate surface area is 200 Å². The van der Waals surface area contributed by atoms with Gasteiger partial charge in [0.25, 0.3) is 0 Å². The lowest BCUT2D eigenvalue weighted by Gasteiger charge is -2.42. The molecule has 0 bridgehead atoms. The highest BCUT2D eigenvalue weighted by molar-refractivity contribution is 6.90. The van der Waals surface area contributed by atoms with Gasteiger partial charge in [-0.05, 0) is 79.2 Å². The van der Waals surface area contributed by atoms with Gasteiger partial charge in [-0.2, -0.15) is 0 Å². The molecule has 0 aliphatic carbocycles. The van der Waals surface area contributed by atoms with Crippen molar-refractivity contribution < 1.29 is 31.4 Å². The Morgan fingerprint density at radius 3 is 1.69 bits per heavy atom. The van der Waals surface area contributed by atoms with Crippen LogP contribution in [0, 0.1) is 0 Å². The molecule has 0 amide bonds. The molecule has 0 saturated heterocycles. The van der Waals surface area contributed by atoms with E-state index in [-0.39, 0.29) is 12.7 Å². The van der Waals surface area contributed by atoms with Crippen LogP contribution in [0.5, 0.6) is 0 Å². The second-order valence-electron chi connectivity index (χ2n) is 11.0. The Kier molecular flexibility index (Phi) is 13.6. The van der Waals surface area contributed by atoms with Gasteiger partial charge in [-0.15, -0.1) is 0 Å². The van der Waals surface area contributed by atoms with E-state index in [1.54, 1.807) is 6.92 Å². The summed E-state index contributed by atoms with van der Waals surface area (Å²) in [7, 11) is -8.48. The molecule has 0 aliphatic rings. The monoisotopic (exact) mass is 524 g/mol. The summed E-state index contributed by atoms with van der Waals surface area (Å²) >= 11 is 0. The largest absolute Gasteiger partial charge is 0.469 e. The first-order valence-corrected chi connectivity index (χ1v) is 23.7. The SMILES string of the molecule is C=C(C)C(=O)OCC(COCCC[Si](O[Si](C)(C)C)(O[Si](C)(C)C)O[Si](C)(C)C)OCC. The van der Waals surface area contributed by atoms with E-state index in [0.717, 1.165) is 12.5 Å². The van der Waals surface area contributed by atoms with Crippen molar-refractivity contribution in [3.05, 3.63) is 12.2 Å². The van der Waals surface area contributed by atoms with Crippen LogP contribution in [0.25, 0.3) is 0 Å². The van der Waals surface area contributed by atoms with Crippen molar-refractivity contribution >= 4 is 39.7 Å². The number of carbonyl (C=O) groups excluding carboxylic acids is 1. The zero-order chi connectivity index (χ0) is 25.2. The minimum Gasteiger partial charge on any atom is -0.459 e. The molecule has 0 spiro atoms. The van der Waals surface area contributed by atoms with Crippen molar-refractivity contribution in [2.75, 3.05) is 26.4 Å². The Hall–Kier alpha value is -0.122. The molecule has 0 N–H and O–H groups in total. The van der Waals surface area contributed by atoms with Gasteiger partial charge in [0.05, 0.1) is 6.61 Å². The van der Waals surface area contributed by atoms with Gasteiger partial charge in [0.1, 0.15) is 12.7 Å². The first-order chi connectivity index (χ1) is 14.4. The van der Waals surface area contributed by atoms with Crippen LogP contribution in [-0.4, -0.2) is 72.3 Å². The summed E-state index contributed by atoms with van der Waals surface area (Å²) in [6, 6.07) is 0.732. The lowest BCUT2D eigenvalue weighted by atomic mass is 10.3. The molecule has 1 atom stereocenters. The summed E-state index contributed by atoms with van der Waals surface area (Å²) in [5.74, 6) is -0.416. The number of hydrogen-bond donors (Lipinski definition) is 0. The zero-order valence-electron chi connectivity index (χ0n) is 22.4. The summed E-state index contributed by atoms with van der Waals surface area (Å²) in [5, 5.41) is 0. The second-order valence-corrected chi connectivity index (χ2v) is 28.0. The van der Waals surface area contributed by atoms with Crippen molar-refractivity contribution in [3.63, 3.8) is 0 Å². The first kappa shape index (κ1) is 31.9. The summed E-state index contributed by atoms with van der Waals surface area (Å²) < 4.78 is 36.8. The smallest absolute Gasteiger partial charge is 0.459 e. The van der Waals surface area contributed by atoms with Crippen LogP contribution in [0.1, 0.15) is 20.3 Å². The molecule has 11 heteroatoms. The normalized spacial score (nSPS) is 14.3. The second kappa shape index (κ2) is 13.7. The minimum absolute atomic E-state index is 0.147. The minimum atomic E-state index is -2.84. The standard InChI is InChI=1S/C21H48O7Si4/c1-13-24-20(18-25-21(22)19(2)3)17-23-15-14-16-32(26-29(4,5)6,27-30(7,8)9)28-31(10,11)12/h20H,2,13-18H2,1,3-12H3. The van der Waals surface area contributed by atoms with E-state index in [1.807, 2.05) is 6.92 Å². The highest BCUT2D eigenvalue weighted by atomic mass is 28.5. The van der Waals surface area contributed by atoms with E-state index < -0.39 is 39.7 Å². The predicted molar refractivity (Wildman–Crippen MR) is 140 cm³/mol. The van der Waals surface area contributed by atoms with E-state index in [9.17, 15) is 4.79 Å². The van der Waals surface area contributed by atoms with Gasteiger partial charge in [0.15, 0.2) is 25.0 Å². The molecule has 0 rings (SSSR count). The lowest BCUT2D eigenvalue weighted by molar-refractivity contribution is -0.145. The molecule has 32 heavy (non-hydrogen) atoms. The number of esters is 1. The van der Waals surface area contributed by atoms with E-state index in [0.29, 0.717) is 25.4 Å². The summed E-state index contributed by atoms with van der Waals surface area (Å²) in [5.41, 5.74) is 0.370. The van der Waals surface area contributed by atoms with Crippen LogP contribution >= 0.6 is 0 Å². The molecule has 0 saturated carbocycles. The molecule has 0 aromatic heterocycles. The third-order valence-corrected chi connectivity index (χ3v) is 15.7. The van der Waals surface area contributed by atoms with Gasteiger partial charge in [-0.1, -0.05) is 6.58 Å². The average molecular weight is 525 g/mol. The van der Waals surface area contributed by atoms with E-state index in [1.165, 1.54) is 0 Å². The van der Waals surface area contributed by atoms with Crippen molar-refractivity contribution in [1.29, 1.82) is 0 Å². The predicted octanol–water partition coefficient (Wildman–Crippen LogP) is 5.41. The highest BCUT2D eigenvalue weighted by Crippen LogP contribution is 2.29. The maximum absolute atomic E-state index is 11.6. The topological polar surface area (TPSA) is 72.5 Å². The third-order valence-electron chi connectivity index (χ3n) is 3.61. The lowest BCUT2D eigenvalue weighted by Crippen LogP contribution is -2.60. The van der Waals surface area contributed by atoms with Gasteiger partial charge >= 0.3 is 14.8 Å². The highest BCUT2D eigenvalue weighted by Gasteiger charge is 2.49. The van der Waals surface area contributed by atoms with Gasteiger partial charge in [-0.25, -0.2) is 4.79 Å². The molecular weight excluding hydrogens is 477 g/mol. The van der Waals surface area contributed by atoms with Gasteiger partial charge in [0.2, 0.25) is 0 Å². The quantitative estimate of drug-likeness (QED) is 0.109. The van der Waals surface area contributed by atoms with Gasteiger partial charge in [0, 0.05) is 24.8 Å². The molecule has 0 heterocycles. The number of hydrogen-bond acceptors (Lipinski definition) is 7. The molecule has 0 aromatic rings. The summed E-state index contributed by atoms with van der Waals surface area (Å²) in [6.45, 7) is 28.3. The van der Waals surface area contributed by atoms with E-state index >= 15 is 0 Å². The Balaban J connectivity index is 5.04. The molecule has 190 valence electrons. The molecule has 0 fully saturated rings. The molecule has 0 radical (unpaired) electrons. The summed E-state index contributed by atoms with van der Waals surface area (Å²) in [6.07, 6.45) is 0.468. The molecule has 1 unspecified atom stereocenters. The average Bonchev–Trinajstić information content (AvgIpc) is 2.53.